The molecule has 1 amide bonds. The van der Waals surface area contributed by atoms with Crippen LogP contribution < -0.4 is 19.5 Å². The molecule has 0 fully saturated rings. The summed E-state index contributed by atoms with van der Waals surface area (Å²) < 4.78 is 38.3. The van der Waals surface area contributed by atoms with Gasteiger partial charge in [-0.15, -0.1) is 0 Å². The first kappa shape index (κ1) is 21.5. The minimum absolute atomic E-state index is 0.0298. The highest BCUT2D eigenvalue weighted by Gasteiger charge is 2.18. The summed E-state index contributed by atoms with van der Waals surface area (Å²) in [6.07, 6.45) is 0. The highest BCUT2D eigenvalue weighted by atomic mass is 35.5. The van der Waals surface area contributed by atoms with Crippen LogP contribution in [0.4, 0.5) is 11.4 Å². The lowest BCUT2D eigenvalue weighted by Gasteiger charge is -2.13. The lowest BCUT2D eigenvalue weighted by atomic mass is 10.1. The molecule has 0 aromatic heterocycles. The quantitative estimate of drug-likeness (QED) is 0.560. The van der Waals surface area contributed by atoms with Gasteiger partial charge >= 0.3 is 0 Å². The van der Waals surface area contributed by atoms with Crippen molar-refractivity contribution < 1.29 is 22.7 Å². The summed E-state index contributed by atoms with van der Waals surface area (Å²) in [6, 6.07) is 17.2. The molecule has 3 aromatic rings. The maximum Gasteiger partial charge on any atom is 0.262 e. The summed E-state index contributed by atoms with van der Waals surface area (Å²) in [7, 11) is -0.972. The number of halogens is 1. The maximum absolute atomic E-state index is 12.7. The van der Waals surface area contributed by atoms with Gasteiger partial charge in [0.15, 0.2) is 0 Å². The van der Waals surface area contributed by atoms with Crippen LogP contribution in [0.5, 0.6) is 11.5 Å². The van der Waals surface area contributed by atoms with E-state index in [1.807, 2.05) is 0 Å². The summed E-state index contributed by atoms with van der Waals surface area (Å²) in [5.74, 6) is 0.373. The topological polar surface area (TPSA) is 93.7 Å². The van der Waals surface area contributed by atoms with Crippen molar-refractivity contribution in [2.75, 3.05) is 24.3 Å². The van der Waals surface area contributed by atoms with Crippen LogP contribution in [0.25, 0.3) is 0 Å². The molecule has 0 heterocycles. The number of hydrogen-bond acceptors (Lipinski definition) is 5. The second kappa shape index (κ2) is 9.06. The van der Waals surface area contributed by atoms with Crippen LogP contribution in [0.2, 0.25) is 5.02 Å². The maximum atomic E-state index is 12.7. The first-order valence-electron chi connectivity index (χ1n) is 8.75. The Balaban J connectivity index is 1.85. The standard InChI is InChI=1S/C21H19ClN2O5S/c1-28-15-10-11-20(29-2)17(13-15)21(25)23-14-6-5-7-16(12-14)30(26,27)24-19-9-4-3-8-18(19)22/h3-13,24H,1-2H3,(H,23,25). The molecule has 0 saturated heterocycles. The Morgan fingerprint density at radius 3 is 2.40 bits per heavy atom. The molecule has 30 heavy (non-hydrogen) atoms. The average Bonchev–Trinajstić information content (AvgIpc) is 2.75. The Morgan fingerprint density at radius 1 is 0.933 bits per heavy atom. The van der Waals surface area contributed by atoms with Gasteiger partial charge in [-0.2, -0.15) is 0 Å². The fourth-order valence-electron chi connectivity index (χ4n) is 2.68. The smallest absolute Gasteiger partial charge is 0.262 e. The fraction of sp³-hybridized carbons (Fsp3) is 0.0952. The van der Waals surface area contributed by atoms with E-state index in [1.165, 1.54) is 38.5 Å². The molecule has 7 nitrogen and oxygen atoms in total. The molecule has 0 saturated carbocycles. The Morgan fingerprint density at radius 2 is 1.70 bits per heavy atom. The zero-order valence-electron chi connectivity index (χ0n) is 16.2. The Bertz CT molecular complexity index is 1180. The minimum Gasteiger partial charge on any atom is -0.497 e. The summed E-state index contributed by atoms with van der Waals surface area (Å²) >= 11 is 6.03. The Kier molecular flexibility index (Phi) is 6.49. The number of para-hydroxylation sites is 1. The van der Waals surface area contributed by atoms with Crippen molar-refractivity contribution in [1.82, 2.24) is 0 Å². The van der Waals surface area contributed by atoms with E-state index in [-0.39, 0.29) is 21.2 Å². The monoisotopic (exact) mass is 446 g/mol. The molecular weight excluding hydrogens is 428 g/mol. The van der Waals surface area contributed by atoms with Crippen molar-refractivity contribution in [2.24, 2.45) is 0 Å². The van der Waals surface area contributed by atoms with E-state index in [1.54, 1.807) is 42.5 Å². The van der Waals surface area contributed by atoms with Crippen molar-refractivity contribution in [3.8, 4) is 11.5 Å². The molecule has 156 valence electrons. The third-order valence-electron chi connectivity index (χ3n) is 4.17. The normalized spacial score (nSPS) is 10.9. The first-order valence-corrected chi connectivity index (χ1v) is 10.6. The molecule has 3 rings (SSSR count). The molecule has 0 aliphatic carbocycles. The number of nitrogens with one attached hydrogen (secondary N) is 2. The van der Waals surface area contributed by atoms with E-state index in [9.17, 15) is 13.2 Å². The highest BCUT2D eigenvalue weighted by Crippen LogP contribution is 2.27. The van der Waals surface area contributed by atoms with Crippen LogP contribution in [0, 0.1) is 0 Å². The minimum atomic E-state index is -3.91. The lowest BCUT2D eigenvalue weighted by molar-refractivity contribution is 0.102. The van der Waals surface area contributed by atoms with Crippen LogP contribution in [0.15, 0.2) is 71.6 Å². The van der Waals surface area contributed by atoms with E-state index >= 15 is 0 Å². The van der Waals surface area contributed by atoms with Crippen LogP contribution in [0.1, 0.15) is 10.4 Å². The second-order valence-electron chi connectivity index (χ2n) is 6.13. The van der Waals surface area contributed by atoms with Crippen molar-refractivity contribution in [3.63, 3.8) is 0 Å². The summed E-state index contributed by atoms with van der Waals surface area (Å²) in [4.78, 5) is 12.7. The first-order chi connectivity index (χ1) is 14.3. The molecule has 0 spiro atoms. The summed E-state index contributed by atoms with van der Waals surface area (Å²) in [5.41, 5.74) is 0.806. The van der Waals surface area contributed by atoms with Gasteiger partial charge in [-0.25, -0.2) is 8.42 Å². The number of methoxy groups -OCH3 is 2. The van der Waals surface area contributed by atoms with Gasteiger partial charge in [-0.1, -0.05) is 29.8 Å². The largest absolute Gasteiger partial charge is 0.497 e. The SMILES string of the molecule is COc1ccc(OC)c(C(=O)Nc2cccc(S(=O)(=O)Nc3ccccc3Cl)c2)c1. The van der Waals surface area contributed by atoms with Gasteiger partial charge in [-0.3, -0.25) is 9.52 Å². The van der Waals surface area contributed by atoms with E-state index in [0.717, 1.165) is 0 Å². The number of carbonyl (C=O) groups excluding carboxylic acids is 1. The highest BCUT2D eigenvalue weighted by molar-refractivity contribution is 7.92. The van der Waals surface area contributed by atoms with Crippen LogP contribution in [-0.4, -0.2) is 28.5 Å². The van der Waals surface area contributed by atoms with Crippen molar-refractivity contribution in [3.05, 3.63) is 77.3 Å². The molecule has 0 radical (unpaired) electrons. The number of anilines is 2. The van der Waals surface area contributed by atoms with E-state index in [2.05, 4.69) is 10.0 Å². The van der Waals surface area contributed by atoms with Crippen LogP contribution in [0.3, 0.4) is 0 Å². The zero-order chi connectivity index (χ0) is 21.7. The van der Waals surface area contributed by atoms with Gasteiger partial charge < -0.3 is 14.8 Å². The van der Waals surface area contributed by atoms with Crippen LogP contribution >= 0.6 is 11.6 Å². The molecule has 9 heteroatoms. The van der Waals surface area contributed by atoms with E-state index in [0.29, 0.717) is 17.2 Å². The number of rotatable bonds is 7. The van der Waals surface area contributed by atoms with Crippen LogP contribution in [-0.2, 0) is 10.0 Å². The third-order valence-corrected chi connectivity index (χ3v) is 5.86. The number of carbonyl (C=O) groups is 1. The summed E-state index contributed by atoms with van der Waals surface area (Å²) in [6.45, 7) is 0. The Labute approximate surface area is 179 Å². The molecule has 2 N–H and O–H groups in total. The van der Waals surface area contributed by atoms with Gasteiger partial charge in [0, 0.05) is 5.69 Å². The number of sulfonamides is 1. The van der Waals surface area contributed by atoms with Crippen molar-refractivity contribution in [2.45, 2.75) is 4.90 Å². The second-order valence-corrected chi connectivity index (χ2v) is 8.22. The number of hydrogen-bond donors (Lipinski definition) is 2. The van der Waals surface area contributed by atoms with Gasteiger partial charge in [0.05, 0.1) is 35.4 Å². The van der Waals surface area contributed by atoms with Gasteiger partial charge in [0.1, 0.15) is 11.5 Å². The van der Waals surface area contributed by atoms with Gasteiger partial charge in [0.2, 0.25) is 0 Å². The number of ether oxygens (including phenoxy) is 2. The molecular formula is C21H19ClN2O5S. The average molecular weight is 447 g/mol. The molecule has 3 aromatic carbocycles. The van der Waals surface area contributed by atoms with Gasteiger partial charge in [-0.05, 0) is 48.5 Å². The van der Waals surface area contributed by atoms with E-state index in [4.69, 9.17) is 21.1 Å². The molecule has 0 aliphatic rings. The lowest BCUT2D eigenvalue weighted by Crippen LogP contribution is -2.16. The third kappa shape index (κ3) is 4.84. The van der Waals surface area contributed by atoms with Crippen molar-refractivity contribution >= 4 is 38.9 Å². The van der Waals surface area contributed by atoms with Crippen molar-refractivity contribution in [1.29, 1.82) is 0 Å². The number of amides is 1. The molecule has 0 atom stereocenters. The zero-order valence-corrected chi connectivity index (χ0v) is 17.8. The molecule has 0 bridgehead atoms. The number of benzene rings is 3. The fourth-order valence-corrected chi connectivity index (χ4v) is 4.04. The summed E-state index contributed by atoms with van der Waals surface area (Å²) in [5, 5.41) is 2.95. The molecule has 0 aliphatic heterocycles. The Hall–Kier alpha value is -3.23. The van der Waals surface area contributed by atoms with E-state index < -0.39 is 15.9 Å². The van der Waals surface area contributed by atoms with Gasteiger partial charge in [0.25, 0.3) is 15.9 Å². The molecule has 0 unspecified atom stereocenters. The predicted molar refractivity (Wildman–Crippen MR) is 116 cm³/mol. The predicted octanol–water partition coefficient (Wildman–Crippen LogP) is 4.41.